The molecule has 2 aromatic rings. The summed E-state index contributed by atoms with van der Waals surface area (Å²) in [7, 11) is 20.1. The van der Waals surface area contributed by atoms with Crippen molar-refractivity contribution in [2.75, 3.05) is 0 Å². The van der Waals surface area contributed by atoms with Crippen molar-refractivity contribution in [3.63, 3.8) is 0 Å². The van der Waals surface area contributed by atoms with E-state index in [1.165, 1.54) is 11.1 Å². The molecule has 0 aliphatic heterocycles. The third-order valence-electron chi connectivity index (χ3n) is 3.92. The van der Waals surface area contributed by atoms with Gasteiger partial charge in [0, 0.05) is 12.4 Å². The van der Waals surface area contributed by atoms with Crippen LogP contribution in [0.3, 0.4) is 0 Å². The third-order valence-corrected chi connectivity index (χ3v) is 3.92. The summed E-state index contributed by atoms with van der Waals surface area (Å²) in [6, 6.07) is 16.5. The van der Waals surface area contributed by atoms with E-state index in [1.54, 1.807) is 12.4 Å². The zero-order valence-corrected chi connectivity index (χ0v) is 22.3. The van der Waals surface area contributed by atoms with Crippen LogP contribution in [-0.2, 0) is 23.2 Å². The first kappa shape index (κ1) is 26.7. The molecule has 0 amide bonds. The summed E-state index contributed by atoms with van der Waals surface area (Å²) in [5.41, 5.74) is 4.63. The van der Waals surface area contributed by atoms with E-state index < -0.39 is 12.3 Å². The first-order chi connectivity index (χ1) is 13.2. The van der Waals surface area contributed by atoms with E-state index in [2.05, 4.69) is 75.8 Å². The maximum atomic E-state index is 5.01. The molecule has 0 N–H and O–H groups in total. The zero-order valence-electron chi connectivity index (χ0n) is 17.7. The van der Waals surface area contributed by atoms with Crippen molar-refractivity contribution in [2.24, 2.45) is 9.98 Å². The van der Waals surface area contributed by atoms with Gasteiger partial charge < -0.3 is 0 Å². The fourth-order valence-electron chi connectivity index (χ4n) is 2.67. The van der Waals surface area contributed by atoms with Crippen LogP contribution in [0.25, 0.3) is 0 Å². The number of nitrogens with zero attached hydrogens (tertiary/aromatic N) is 2. The van der Waals surface area contributed by atoms with Crippen LogP contribution in [0.4, 0.5) is 11.4 Å². The van der Waals surface area contributed by atoms with Crippen molar-refractivity contribution in [2.45, 2.75) is 52.4 Å². The summed E-state index contributed by atoms with van der Waals surface area (Å²) >= 11 is -3.11. The standard InChI is InChI=1S/C22H28N2.4ClH.Ti/c1-21(2,3)17-11-7-9-13-19(17)23-15-16-24-20-14-10-8-12-18(20)22(4,5)6;;;;;/h7-16H,1-6H3;4*1H;/q;;;;;+4/p-4. The SMILES string of the molecule is CC(C)(C)c1ccccc1N=CC=Nc1ccccc1C(C)(C)C.[Cl][Ti]([Cl])([Cl])[Cl]. The molecule has 0 bridgehead atoms. The Morgan fingerprint density at radius 3 is 1.17 bits per heavy atom. The Hall–Kier alpha value is -0.346. The molecule has 0 spiro atoms. The Bertz CT molecular complexity index is 773. The maximum absolute atomic E-state index is 5.01. The van der Waals surface area contributed by atoms with Crippen molar-refractivity contribution >= 4 is 61.0 Å². The van der Waals surface area contributed by atoms with Crippen molar-refractivity contribution in [1.82, 2.24) is 0 Å². The summed E-state index contributed by atoms with van der Waals surface area (Å²) in [4.78, 5) is 9.21. The fraction of sp³-hybridized carbons (Fsp3) is 0.364. The minimum absolute atomic E-state index is 0.0733. The fourth-order valence-corrected chi connectivity index (χ4v) is 2.67. The molecule has 0 heterocycles. The predicted molar refractivity (Wildman–Crippen MR) is 130 cm³/mol. The van der Waals surface area contributed by atoms with Crippen LogP contribution in [0.2, 0.25) is 0 Å². The van der Waals surface area contributed by atoms with Crippen LogP contribution in [-0.4, -0.2) is 12.4 Å². The van der Waals surface area contributed by atoms with Gasteiger partial charge in [-0.1, -0.05) is 77.9 Å². The van der Waals surface area contributed by atoms with Gasteiger partial charge in [0.1, 0.15) is 0 Å². The van der Waals surface area contributed by atoms with Crippen LogP contribution in [0.15, 0.2) is 58.5 Å². The first-order valence-electron chi connectivity index (χ1n) is 9.21. The Morgan fingerprint density at radius 2 is 0.897 bits per heavy atom. The molecule has 29 heavy (non-hydrogen) atoms. The normalized spacial score (nSPS) is 12.9. The van der Waals surface area contributed by atoms with E-state index in [0.29, 0.717) is 0 Å². The van der Waals surface area contributed by atoms with Gasteiger partial charge >= 0.3 is 49.6 Å². The number of hydrogen-bond donors (Lipinski definition) is 0. The van der Waals surface area contributed by atoms with E-state index in [9.17, 15) is 0 Å². The number of rotatable bonds is 3. The molecule has 0 aromatic heterocycles. The van der Waals surface area contributed by atoms with Crippen molar-refractivity contribution in [3.05, 3.63) is 59.7 Å². The Morgan fingerprint density at radius 1 is 0.621 bits per heavy atom. The minimum atomic E-state index is -3.11. The molecule has 2 rings (SSSR count). The topological polar surface area (TPSA) is 24.7 Å². The van der Waals surface area contributed by atoms with Gasteiger partial charge in [0.2, 0.25) is 0 Å². The van der Waals surface area contributed by atoms with Crippen molar-refractivity contribution in [1.29, 1.82) is 0 Å². The molecule has 0 unspecified atom stereocenters. The molecule has 0 fully saturated rings. The van der Waals surface area contributed by atoms with Crippen LogP contribution in [0.1, 0.15) is 52.7 Å². The summed E-state index contributed by atoms with van der Waals surface area (Å²) in [5.74, 6) is 0. The van der Waals surface area contributed by atoms with Gasteiger partial charge in [-0.2, -0.15) is 0 Å². The second-order valence-electron chi connectivity index (χ2n) is 8.52. The van der Waals surface area contributed by atoms with Crippen LogP contribution >= 0.6 is 37.2 Å². The molecule has 7 heteroatoms. The van der Waals surface area contributed by atoms with E-state index in [-0.39, 0.29) is 10.8 Å². The summed E-state index contributed by atoms with van der Waals surface area (Å²) in [6.07, 6.45) is 3.56. The zero-order chi connectivity index (χ0) is 22.3. The Balaban J connectivity index is 0.000000749. The van der Waals surface area contributed by atoms with Crippen LogP contribution in [0.5, 0.6) is 0 Å². The van der Waals surface area contributed by atoms with Gasteiger partial charge in [-0.05, 0) is 34.1 Å². The molecule has 0 aliphatic rings. The molecule has 0 atom stereocenters. The van der Waals surface area contributed by atoms with E-state index in [4.69, 9.17) is 37.2 Å². The molecule has 0 saturated heterocycles. The van der Waals surface area contributed by atoms with Gasteiger partial charge in [0.15, 0.2) is 0 Å². The summed E-state index contributed by atoms with van der Waals surface area (Å²) in [5, 5.41) is 0. The molecule has 2 aromatic carbocycles. The monoisotopic (exact) mass is 508 g/mol. The van der Waals surface area contributed by atoms with Crippen LogP contribution in [0, 0.1) is 0 Å². The average molecular weight is 510 g/mol. The molecule has 0 aliphatic carbocycles. The van der Waals surface area contributed by atoms with Gasteiger partial charge in [-0.15, -0.1) is 0 Å². The van der Waals surface area contributed by atoms with Gasteiger partial charge in [-0.25, -0.2) is 0 Å². The average Bonchev–Trinajstić information content (AvgIpc) is 2.56. The van der Waals surface area contributed by atoms with Gasteiger partial charge in [0.05, 0.1) is 11.4 Å². The van der Waals surface area contributed by atoms with Crippen molar-refractivity contribution in [3.8, 4) is 0 Å². The number of benzene rings is 2. The predicted octanol–water partition coefficient (Wildman–Crippen LogP) is 9.14. The molecule has 0 radical (unpaired) electrons. The van der Waals surface area contributed by atoms with Crippen LogP contribution < -0.4 is 0 Å². The second-order valence-corrected chi connectivity index (χ2v) is 24.0. The molecule has 158 valence electrons. The number of para-hydroxylation sites is 2. The van der Waals surface area contributed by atoms with E-state index in [0.717, 1.165) is 11.4 Å². The number of aliphatic imine (C=N–C) groups is 2. The Kier molecular flexibility index (Phi) is 10.4. The van der Waals surface area contributed by atoms with Gasteiger partial charge in [-0.3, -0.25) is 9.98 Å². The third kappa shape index (κ3) is 11.0. The molecule has 0 saturated carbocycles. The molecular formula is C22H28Cl4N2Ti. The number of hydrogen-bond acceptors (Lipinski definition) is 2. The Labute approximate surface area is 194 Å². The summed E-state index contributed by atoms with van der Waals surface area (Å²) in [6.45, 7) is 13.2. The molecule has 2 nitrogen and oxygen atoms in total. The summed E-state index contributed by atoms with van der Waals surface area (Å²) < 4.78 is 0. The van der Waals surface area contributed by atoms with Gasteiger partial charge in [0.25, 0.3) is 0 Å². The van der Waals surface area contributed by atoms with Crippen molar-refractivity contribution < 1.29 is 12.3 Å². The second kappa shape index (κ2) is 11.3. The first-order valence-corrected chi connectivity index (χ1v) is 17.8. The number of halogens is 4. The molecular weight excluding hydrogens is 482 g/mol. The quantitative estimate of drug-likeness (QED) is 0.291. The van der Waals surface area contributed by atoms with E-state index >= 15 is 0 Å². The van der Waals surface area contributed by atoms with E-state index in [1.807, 2.05) is 24.3 Å².